The van der Waals surface area contributed by atoms with Crippen LogP contribution >= 0.6 is 11.6 Å². The lowest BCUT2D eigenvalue weighted by molar-refractivity contribution is -0.136. The van der Waals surface area contributed by atoms with Crippen LogP contribution in [0.25, 0.3) is 0 Å². The number of sulfonamides is 1. The van der Waals surface area contributed by atoms with E-state index in [0.717, 1.165) is 6.07 Å². The van der Waals surface area contributed by atoms with Gasteiger partial charge in [0.15, 0.2) is 12.4 Å². The van der Waals surface area contributed by atoms with Crippen LogP contribution in [0.15, 0.2) is 45.9 Å². The summed E-state index contributed by atoms with van der Waals surface area (Å²) in [6.45, 7) is 0.652. The number of ether oxygens (including phenoxy) is 1. The number of halogens is 1. The van der Waals surface area contributed by atoms with Crippen LogP contribution in [0.5, 0.6) is 0 Å². The second kappa shape index (κ2) is 8.86. The lowest BCUT2D eigenvalue weighted by Crippen LogP contribution is -2.51. The molecule has 30 heavy (non-hydrogen) atoms. The number of nitrogens with zero attached hydrogens (tertiary/aromatic N) is 2. The van der Waals surface area contributed by atoms with Gasteiger partial charge in [0, 0.05) is 26.2 Å². The molecule has 160 valence electrons. The summed E-state index contributed by atoms with van der Waals surface area (Å²) in [6.07, 6.45) is 1.41. The predicted molar refractivity (Wildman–Crippen MR) is 104 cm³/mol. The largest absolute Gasteiger partial charge is 0.459 e. The molecule has 3 rings (SSSR count). The quantitative estimate of drug-likeness (QED) is 0.655. The first-order valence-electron chi connectivity index (χ1n) is 8.77. The standard InChI is InChI=1S/C18H18ClN3O7S/c19-13-4-3-12(10-15(13)30(20,26)27)18(25)29-11-16(23)21-5-7-22(8-6-21)17(24)14-2-1-9-28-14/h1-4,9-10H,5-8,11H2,(H2,20,26,27). The van der Waals surface area contributed by atoms with E-state index in [1.54, 1.807) is 17.0 Å². The second-order valence-corrected chi connectivity index (χ2v) is 8.35. The molecule has 0 radical (unpaired) electrons. The maximum absolute atomic E-state index is 12.3. The lowest BCUT2D eigenvalue weighted by atomic mass is 10.2. The van der Waals surface area contributed by atoms with Crippen LogP contribution in [0.2, 0.25) is 5.02 Å². The molecule has 0 aliphatic carbocycles. The predicted octanol–water partition coefficient (Wildman–Crippen LogP) is 0.722. The SMILES string of the molecule is NS(=O)(=O)c1cc(C(=O)OCC(=O)N2CCN(C(=O)c3ccco3)CC2)ccc1Cl. The molecule has 0 atom stereocenters. The van der Waals surface area contributed by atoms with E-state index in [0.29, 0.717) is 13.1 Å². The van der Waals surface area contributed by atoms with E-state index in [4.69, 9.17) is 25.9 Å². The van der Waals surface area contributed by atoms with Crippen LogP contribution < -0.4 is 5.14 Å². The van der Waals surface area contributed by atoms with Gasteiger partial charge < -0.3 is 19.0 Å². The summed E-state index contributed by atoms with van der Waals surface area (Å²) in [5, 5.41) is 4.92. The second-order valence-electron chi connectivity index (χ2n) is 6.42. The van der Waals surface area contributed by atoms with E-state index in [1.807, 2.05) is 0 Å². The maximum Gasteiger partial charge on any atom is 0.338 e. The molecule has 0 bridgehead atoms. The Morgan fingerprint density at radius 1 is 1.10 bits per heavy atom. The number of piperazine rings is 1. The number of nitrogens with two attached hydrogens (primary N) is 1. The molecule has 0 saturated carbocycles. The van der Waals surface area contributed by atoms with Crippen LogP contribution in [0.3, 0.4) is 0 Å². The van der Waals surface area contributed by atoms with Gasteiger partial charge in [0.2, 0.25) is 10.0 Å². The topological polar surface area (TPSA) is 140 Å². The third-order valence-electron chi connectivity index (χ3n) is 4.45. The number of rotatable bonds is 5. The third-order valence-corrected chi connectivity index (χ3v) is 5.84. The summed E-state index contributed by atoms with van der Waals surface area (Å²) in [7, 11) is -4.12. The van der Waals surface area contributed by atoms with E-state index in [-0.39, 0.29) is 35.3 Å². The van der Waals surface area contributed by atoms with Gasteiger partial charge in [-0.3, -0.25) is 9.59 Å². The van der Waals surface area contributed by atoms with Gasteiger partial charge in [0.05, 0.1) is 16.8 Å². The zero-order valence-electron chi connectivity index (χ0n) is 15.6. The van der Waals surface area contributed by atoms with Gasteiger partial charge in [-0.2, -0.15) is 0 Å². The molecule has 0 spiro atoms. The van der Waals surface area contributed by atoms with Gasteiger partial charge in [0.1, 0.15) is 4.90 Å². The molecular weight excluding hydrogens is 438 g/mol. The number of hydrogen-bond acceptors (Lipinski definition) is 7. The minimum absolute atomic E-state index is 0.106. The lowest BCUT2D eigenvalue weighted by Gasteiger charge is -2.34. The fourth-order valence-electron chi connectivity index (χ4n) is 2.87. The molecule has 1 saturated heterocycles. The first-order valence-corrected chi connectivity index (χ1v) is 10.7. The summed E-state index contributed by atoms with van der Waals surface area (Å²) in [5.41, 5.74) is -0.106. The van der Waals surface area contributed by atoms with Crippen molar-refractivity contribution in [2.24, 2.45) is 5.14 Å². The van der Waals surface area contributed by atoms with Crippen LogP contribution in [0.4, 0.5) is 0 Å². The molecule has 1 aliphatic rings. The Hall–Kier alpha value is -2.89. The minimum Gasteiger partial charge on any atom is -0.459 e. The average molecular weight is 456 g/mol. The minimum atomic E-state index is -4.12. The summed E-state index contributed by atoms with van der Waals surface area (Å²) in [4.78, 5) is 39.3. The van der Waals surface area contributed by atoms with Crippen LogP contribution in [0, 0.1) is 0 Å². The highest BCUT2D eigenvalue weighted by molar-refractivity contribution is 7.89. The van der Waals surface area contributed by atoms with Crippen molar-refractivity contribution in [1.82, 2.24) is 9.80 Å². The van der Waals surface area contributed by atoms with Gasteiger partial charge in [-0.05, 0) is 30.3 Å². The third kappa shape index (κ3) is 4.99. The number of carbonyl (C=O) groups excluding carboxylic acids is 3. The van der Waals surface area contributed by atoms with Crippen molar-refractivity contribution < 1.29 is 32.0 Å². The van der Waals surface area contributed by atoms with E-state index in [9.17, 15) is 22.8 Å². The van der Waals surface area contributed by atoms with Gasteiger partial charge in [-0.1, -0.05) is 11.6 Å². The molecule has 2 heterocycles. The Morgan fingerprint density at radius 3 is 2.37 bits per heavy atom. The fourth-order valence-corrected chi connectivity index (χ4v) is 3.94. The summed E-state index contributed by atoms with van der Waals surface area (Å²) in [6, 6.07) is 6.65. The van der Waals surface area contributed by atoms with E-state index >= 15 is 0 Å². The zero-order chi connectivity index (χ0) is 21.9. The number of amides is 2. The molecule has 10 nitrogen and oxygen atoms in total. The molecule has 2 N–H and O–H groups in total. The monoisotopic (exact) mass is 455 g/mol. The van der Waals surface area contributed by atoms with Gasteiger partial charge in [-0.15, -0.1) is 0 Å². The summed E-state index contributed by atoms with van der Waals surface area (Å²) < 4.78 is 33.1. The molecule has 0 unspecified atom stereocenters. The Morgan fingerprint density at radius 2 is 1.77 bits per heavy atom. The molecule has 1 fully saturated rings. The smallest absolute Gasteiger partial charge is 0.338 e. The molecule has 1 aliphatic heterocycles. The maximum atomic E-state index is 12.3. The van der Waals surface area contributed by atoms with Gasteiger partial charge >= 0.3 is 5.97 Å². The first-order chi connectivity index (χ1) is 14.2. The number of carbonyl (C=O) groups is 3. The van der Waals surface area contributed by atoms with Crippen molar-refractivity contribution in [3.63, 3.8) is 0 Å². The first kappa shape index (κ1) is 21.8. The molecular formula is C18H18ClN3O7S. The molecule has 2 aromatic rings. The van der Waals surface area contributed by atoms with Crippen molar-refractivity contribution in [3.05, 3.63) is 52.9 Å². The number of furan rings is 1. The van der Waals surface area contributed by atoms with Crippen molar-refractivity contribution in [2.75, 3.05) is 32.8 Å². The Balaban J connectivity index is 1.53. The molecule has 2 amide bonds. The summed E-state index contributed by atoms with van der Waals surface area (Å²) in [5.74, 6) is -1.36. The van der Waals surface area contributed by atoms with Gasteiger partial charge in [-0.25, -0.2) is 18.4 Å². The van der Waals surface area contributed by atoms with E-state index < -0.39 is 33.4 Å². The molecule has 12 heteroatoms. The number of esters is 1. The van der Waals surface area contributed by atoms with Crippen LogP contribution in [-0.4, -0.2) is 68.8 Å². The van der Waals surface area contributed by atoms with Gasteiger partial charge in [0.25, 0.3) is 11.8 Å². The highest BCUT2D eigenvalue weighted by Gasteiger charge is 2.26. The van der Waals surface area contributed by atoms with E-state index in [2.05, 4.69) is 0 Å². The summed E-state index contributed by atoms with van der Waals surface area (Å²) >= 11 is 5.78. The molecule has 1 aromatic carbocycles. The van der Waals surface area contributed by atoms with Crippen molar-refractivity contribution in [1.29, 1.82) is 0 Å². The Kier molecular flexibility index (Phi) is 6.44. The van der Waals surface area contributed by atoms with E-state index in [1.165, 1.54) is 23.3 Å². The number of primary sulfonamides is 1. The van der Waals surface area contributed by atoms with Crippen molar-refractivity contribution in [2.45, 2.75) is 4.90 Å². The zero-order valence-corrected chi connectivity index (χ0v) is 17.2. The van der Waals surface area contributed by atoms with Crippen LogP contribution in [-0.2, 0) is 19.6 Å². The number of hydrogen-bond donors (Lipinski definition) is 1. The highest BCUT2D eigenvalue weighted by atomic mass is 35.5. The number of benzene rings is 1. The normalized spacial score (nSPS) is 14.5. The highest BCUT2D eigenvalue weighted by Crippen LogP contribution is 2.22. The van der Waals surface area contributed by atoms with Crippen molar-refractivity contribution >= 4 is 39.4 Å². The fraction of sp³-hybridized carbons (Fsp3) is 0.278. The Bertz CT molecular complexity index is 1060. The van der Waals surface area contributed by atoms with Crippen LogP contribution in [0.1, 0.15) is 20.9 Å². The Labute approximate surface area is 177 Å². The molecule has 1 aromatic heterocycles. The average Bonchev–Trinajstić information content (AvgIpc) is 3.25. The van der Waals surface area contributed by atoms with Crippen molar-refractivity contribution in [3.8, 4) is 0 Å².